The highest BCUT2D eigenvalue weighted by atomic mass is 32.1. The predicted molar refractivity (Wildman–Crippen MR) is 71.0 cm³/mol. The van der Waals surface area contributed by atoms with Crippen LogP contribution in [0, 0.1) is 5.82 Å². The number of carbonyl (C=O) groups is 1. The average Bonchev–Trinajstić information content (AvgIpc) is 2.30. The molecule has 0 fully saturated rings. The van der Waals surface area contributed by atoms with Crippen molar-refractivity contribution in [1.29, 1.82) is 0 Å². The molecule has 0 aliphatic heterocycles. The predicted octanol–water partition coefficient (Wildman–Crippen LogP) is 1.72. The molecule has 6 heteroatoms. The number of aromatic hydroxyl groups is 1. The molecule has 0 bridgehead atoms. The lowest BCUT2D eigenvalue weighted by Crippen LogP contribution is -2.37. The van der Waals surface area contributed by atoms with Crippen LogP contribution in [-0.2, 0) is 0 Å². The SMILES string of the molecule is CCC(CC(N)=S)NC(=O)c1cc(F)ccc1O. The van der Waals surface area contributed by atoms with Crippen molar-refractivity contribution in [2.75, 3.05) is 0 Å². The van der Waals surface area contributed by atoms with Crippen LogP contribution in [0.25, 0.3) is 0 Å². The molecule has 4 N–H and O–H groups in total. The van der Waals surface area contributed by atoms with Gasteiger partial charge < -0.3 is 16.2 Å². The van der Waals surface area contributed by atoms with Crippen LogP contribution in [0.15, 0.2) is 18.2 Å². The van der Waals surface area contributed by atoms with Crippen LogP contribution in [0.3, 0.4) is 0 Å². The fraction of sp³-hybridized carbons (Fsp3) is 0.333. The summed E-state index contributed by atoms with van der Waals surface area (Å²) >= 11 is 4.77. The Bertz CT molecular complexity index is 465. The standard InChI is InChI=1S/C12H15FN2O2S/c1-2-8(6-11(14)18)15-12(17)9-5-7(13)3-4-10(9)16/h3-5,8,16H,2,6H2,1H3,(H2,14,18)(H,15,17). The third-order valence-corrected chi connectivity index (χ3v) is 2.65. The fourth-order valence-electron chi connectivity index (χ4n) is 1.49. The number of amides is 1. The van der Waals surface area contributed by atoms with E-state index >= 15 is 0 Å². The molecule has 0 aliphatic carbocycles. The Morgan fingerprint density at radius 2 is 2.28 bits per heavy atom. The second-order valence-corrected chi connectivity index (χ2v) is 4.43. The van der Waals surface area contributed by atoms with E-state index in [4.69, 9.17) is 18.0 Å². The summed E-state index contributed by atoms with van der Waals surface area (Å²) in [4.78, 5) is 12.1. The molecule has 4 nitrogen and oxygen atoms in total. The summed E-state index contributed by atoms with van der Waals surface area (Å²) in [5.41, 5.74) is 5.31. The lowest BCUT2D eigenvalue weighted by Gasteiger charge is -2.16. The van der Waals surface area contributed by atoms with E-state index in [1.165, 1.54) is 0 Å². The van der Waals surface area contributed by atoms with Crippen LogP contribution in [0.4, 0.5) is 4.39 Å². The van der Waals surface area contributed by atoms with Crippen molar-refractivity contribution in [3.8, 4) is 5.75 Å². The zero-order valence-electron chi connectivity index (χ0n) is 9.94. The Morgan fingerprint density at radius 1 is 1.61 bits per heavy atom. The molecule has 0 saturated carbocycles. The van der Waals surface area contributed by atoms with E-state index < -0.39 is 11.7 Å². The molecule has 1 aromatic rings. The largest absolute Gasteiger partial charge is 0.507 e. The smallest absolute Gasteiger partial charge is 0.255 e. The molecule has 1 aromatic carbocycles. The Labute approximate surface area is 110 Å². The van der Waals surface area contributed by atoms with Gasteiger partial charge in [-0.15, -0.1) is 0 Å². The van der Waals surface area contributed by atoms with Crippen molar-refractivity contribution in [3.05, 3.63) is 29.6 Å². The molecule has 0 spiro atoms. The monoisotopic (exact) mass is 270 g/mol. The van der Waals surface area contributed by atoms with Crippen molar-refractivity contribution in [2.24, 2.45) is 5.73 Å². The van der Waals surface area contributed by atoms with E-state index in [1.54, 1.807) is 0 Å². The van der Waals surface area contributed by atoms with Crippen LogP contribution >= 0.6 is 12.2 Å². The Kier molecular flexibility index (Phi) is 5.03. The number of benzene rings is 1. The Hall–Kier alpha value is -1.69. The number of nitrogens with two attached hydrogens (primary N) is 1. The van der Waals surface area contributed by atoms with E-state index in [2.05, 4.69) is 5.32 Å². The molecule has 1 atom stereocenters. The van der Waals surface area contributed by atoms with Crippen LogP contribution in [-0.4, -0.2) is 22.0 Å². The van der Waals surface area contributed by atoms with Crippen molar-refractivity contribution in [3.63, 3.8) is 0 Å². The summed E-state index contributed by atoms with van der Waals surface area (Å²) in [5.74, 6) is -1.39. The first-order valence-corrected chi connectivity index (χ1v) is 5.92. The number of phenolic OH excluding ortho intramolecular Hbond substituents is 1. The quantitative estimate of drug-likeness (QED) is 0.712. The van der Waals surface area contributed by atoms with Crippen molar-refractivity contribution >= 4 is 23.1 Å². The molecular formula is C12H15FN2O2S. The maximum absolute atomic E-state index is 13.0. The number of hydrogen-bond acceptors (Lipinski definition) is 3. The Morgan fingerprint density at radius 3 is 2.83 bits per heavy atom. The maximum atomic E-state index is 13.0. The third-order valence-electron chi connectivity index (χ3n) is 2.48. The number of halogens is 1. The van der Waals surface area contributed by atoms with E-state index in [0.29, 0.717) is 17.8 Å². The second-order valence-electron chi connectivity index (χ2n) is 3.91. The van der Waals surface area contributed by atoms with Gasteiger partial charge in [0.2, 0.25) is 0 Å². The van der Waals surface area contributed by atoms with E-state index in [9.17, 15) is 14.3 Å². The Balaban J connectivity index is 2.80. The second kappa shape index (κ2) is 6.30. The summed E-state index contributed by atoms with van der Waals surface area (Å²) in [6.07, 6.45) is 1.01. The van der Waals surface area contributed by atoms with Gasteiger partial charge in [-0.1, -0.05) is 19.1 Å². The number of phenols is 1. The van der Waals surface area contributed by atoms with Crippen LogP contribution < -0.4 is 11.1 Å². The molecule has 0 radical (unpaired) electrons. The van der Waals surface area contributed by atoms with Gasteiger partial charge in [0, 0.05) is 12.5 Å². The highest BCUT2D eigenvalue weighted by molar-refractivity contribution is 7.80. The molecule has 0 aliphatic rings. The minimum absolute atomic E-state index is 0.101. The first-order chi connectivity index (χ1) is 8.43. The van der Waals surface area contributed by atoms with Gasteiger partial charge in [0.05, 0.1) is 10.6 Å². The molecule has 98 valence electrons. The maximum Gasteiger partial charge on any atom is 0.255 e. The van der Waals surface area contributed by atoms with Gasteiger partial charge in [-0.3, -0.25) is 4.79 Å². The summed E-state index contributed by atoms with van der Waals surface area (Å²) < 4.78 is 13.0. The fourth-order valence-corrected chi connectivity index (χ4v) is 1.69. The molecule has 0 aromatic heterocycles. The first kappa shape index (κ1) is 14.4. The van der Waals surface area contributed by atoms with Crippen molar-refractivity contribution in [2.45, 2.75) is 25.8 Å². The summed E-state index contributed by atoms with van der Waals surface area (Å²) in [6, 6.07) is 2.98. The van der Waals surface area contributed by atoms with Crippen LogP contribution in [0.5, 0.6) is 5.75 Å². The summed E-state index contributed by atoms with van der Waals surface area (Å²) in [7, 11) is 0. The molecule has 1 unspecified atom stereocenters. The third kappa shape index (κ3) is 3.96. The molecular weight excluding hydrogens is 255 g/mol. The van der Waals surface area contributed by atoms with Crippen LogP contribution in [0.1, 0.15) is 30.1 Å². The first-order valence-electron chi connectivity index (χ1n) is 5.51. The van der Waals surface area contributed by atoms with Gasteiger partial charge in [0.25, 0.3) is 5.91 Å². The van der Waals surface area contributed by atoms with Gasteiger partial charge >= 0.3 is 0 Å². The number of thiocarbonyl (C=S) groups is 1. The number of hydrogen-bond donors (Lipinski definition) is 3. The lowest BCUT2D eigenvalue weighted by molar-refractivity contribution is 0.0934. The molecule has 0 saturated heterocycles. The topological polar surface area (TPSA) is 75.3 Å². The van der Waals surface area contributed by atoms with Crippen molar-refractivity contribution < 1.29 is 14.3 Å². The zero-order chi connectivity index (χ0) is 13.7. The zero-order valence-corrected chi connectivity index (χ0v) is 10.8. The lowest BCUT2D eigenvalue weighted by atomic mass is 10.1. The van der Waals surface area contributed by atoms with Crippen LogP contribution in [0.2, 0.25) is 0 Å². The number of rotatable bonds is 5. The minimum atomic E-state index is -0.583. The molecule has 0 heterocycles. The van der Waals surface area contributed by atoms with E-state index in [-0.39, 0.29) is 17.4 Å². The molecule has 18 heavy (non-hydrogen) atoms. The van der Waals surface area contributed by atoms with Gasteiger partial charge in [0.1, 0.15) is 11.6 Å². The van der Waals surface area contributed by atoms with Gasteiger partial charge in [-0.25, -0.2) is 4.39 Å². The van der Waals surface area contributed by atoms with E-state index in [0.717, 1.165) is 18.2 Å². The summed E-state index contributed by atoms with van der Waals surface area (Å²) in [6.45, 7) is 1.87. The van der Waals surface area contributed by atoms with Gasteiger partial charge in [0.15, 0.2) is 0 Å². The molecule has 1 amide bonds. The van der Waals surface area contributed by atoms with E-state index in [1.807, 2.05) is 6.92 Å². The number of carbonyl (C=O) groups excluding carboxylic acids is 1. The van der Waals surface area contributed by atoms with Crippen molar-refractivity contribution in [1.82, 2.24) is 5.32 Å². The highest BCUT2D eigenvalue weighted by Crippen LogP contribution is 2.18. The molecule has 1 rings (SSSR count). The average molecular weight is 270 g/mol. The normalized spacial score (nSPS) is 11.9. The number of nitrogens with one attached hydrogen (secondary N) is 1. The summed E-state index contributed by atoms with van der Waals surface area (Å²) in [5, 5.41) is 12.1. The highest BCUT2D eigenvalue weighted by Gasteiger charge is 2.16. The van der Waals surface area contributed by atoms with Gasteiger partial charge in [-0.05, 0) is 24.6 Å². The minimum Gasteiger partial charge on any atom is -0.507 e. The van der Waals surface area contributed by atoms with Gasteiger partial charge in [-0.2, -0.15) is 0 Å².